The lowest BCUT2D eigenvalue weighted by atomic mass is 10.3. The van der Waals surface area contributed by atoms with Crippen molar-refractivity contribution in [3.05, 3.63) is 11.9 Å². The lowest BCUT2D eigenvalue weighted by molar-refractivity contribution is 0.341. The van der Waals surface area contributed by atoms with E-state index in [0.717, 1.165) is 17.8 Å². The number of anilines is 2. The molecule has 1 N–H and O–H groups in total. The summed E-state index contributed by atoms with van der Waals surface area (Å²) in [4.78, 5) is 12.1. The highest BCUT2D eigenvalue weighted by molar-refractivity contribution is 5.55. The summed E-state index contributed by atoms with van der Waals surface area (Å²) in [7, 11) is 4.83. The molecule has 0 radical (unpaired) electrons. The molecular formula is C11H16N6O2. The van der Waals surface area contributed by atoms with E-state index in [0.29, 0.717) is 5.95 Å². The van der Waals surface area contributed by atoms with Gasteiger partial charge in [-0.3, -0.25) is 4.68 Å². The average molecular weight is 264 g/mol. The predicted octanol–water partition coefficient (Wildman–Crippen LogP) is 0.928. The van der Waals surface area contributed by atoms with Gasteiger partial charge in [-0.2, -0.15) is 15.1 Å². The molecule has 2 aromatic rings. The second-order valence-electron chi connectivity index (χ2n) is 3.77. The number of hydrogen-bond acceptors (Lipinski definition) is 7. The van der Waals surface area contributed by atoms with Crippen molar-refractivity contribution in [2.45, 2.75) is 13.3 Å². The van der Waals surface area contributed by atoms with Crippen molar-refractivity contribution < 1.29 is 9.47 Å². The molecule has 0 aliphatic rings. The largest absolute Gasteiger partial charge is 0.467 e. The molecule has 0 saturated heterocycles. The molecule has 0 bridgehead atoms. The Labute approximate surface area is 110 Å². The number of methoxy groups -OCH3 is 2. The minimum atomic E-state index is 0.191. The van der Waals surface area contributed by atoms with Crippen LogP contribution in [0.4, 0.5) is 11.6 Å². The molecule has 0 atom stereocenters. The molecular weight excluding hydrogens is 248 g/mol. The van der Waals surface area contributed by atoms with Gasteiger partial charge in [0, 0.05) is 13.2 Å². The fourth-order valence-electron chi connectivity index (χ4n) is 1.60. The molecule has 0 fully saturated rings. The molecule has 102 valence electrons. The second-order valence-corrected chi connectivity index (χ2v) is 3.77. The quantitative estimate of drug-likeness (QED) is 0.859. The van der Waals surface area contributed by atoms with Gasteiger partial charge in [-0.25, -0.2) is 0 Å². The molecule has 0 unspecified atom stereocenters. The van der Waals surface area contributed by atoms with Crippen molar-refractivity contribution in [2.24, 2.45) is 7.05 Å². The van der Waals surface area contributed by atoms with Gasteiger partial charge >= 0.3 is 12.0 Å². The van der Waals surface area contributed by atoms with E-state index in [1.807, 2.05) is 20.2 Å². The molecule has 8 heteroatoms. The van der Waals surface area contributed by atoms with Crippen LogP contribution in [0.1, 0.15) is 12.6 Å². The van der Waals surface area contributed by atoms with Crippen molar-refractivity contribution in [1.82, 2.24) is 24.7 Å². The Morgan fingerprint density at radius 3 is 2.32 bits per heavy atom. The van der Waals surface area contributed by atoms with Crippen LogP contribution in [0.25, 0.3) is 0 Å². The van der Waals surface area contributed by atoms with Crippen LogP contribution in [0, 0.1) is 0 Å². The second kappa shape index (κ2) is 5.51. The van der Waals surface area contributed by atoms with Crippen molar-refractivity contribution in [1.29, 1.82) is 0 Å². The predicted molar refractivity (Wildman–Crippen MR) is 68.8 cm³/mol. The first-order valence-corrected chi connectivity index (χ1v) is 5.79. The van der Waals surface area contributed by atoms with Crippen LogP contribution < -0.4 is 14.8 Å². The number of nitrogens with zero attached hydrogens (tertiary/aromatic N) is 5. The minimum absolute atomic E-state index is 0.191. The zero-order valence-corrected chi connectivity index (χ0v) is 11.3. The van der Waals surface area contributed by atoms with Crippen molar-refractivity contribution in [3.63, 3.8) is 0 Å². The first-order chi connectivity index (χ1) is 9.16. The number of aryl methyl sites for hydroxylation is 2. The van der Waals surface area contributed by atoms with E-state index in [1.54, 1.807) is 4.68 Å². The summed E-state index contributed by atoms with van der Waals surface area (Å²) < 4.78 is 11.7. The van der Waals surface area contributed by atoms with Gasteiger partial charge in [0.25, 0.3) is 0 Å². The van der Waals surface area contributed by atoms with E-state index in [1.165, 1.54) is 14.2 Å². The molecule has 19 heavy (non-hydrogen) atoms. The third kappa shape index (κ3) is 2.90. The van der Waals surface area contributed by atoms with Gasteiger partial charge in [-0.05, 0) is 6.42 Å². The van der Waals surface area contributed by atoms with Crippen molar-refractivity contribution in [2.75, 3.05) is 19.5 Å². The molecule has 0 aliphatic carbocycles. The highest BCUT2D eigenvalue weighted by atomic mass is 16.5. The van der Waals surface area contributed by atoms with Crippen LogP contribution in [0.15, 0.2) is 6.20 Å². The average Bonchev–Trinajstić information content (AvgIpc) is 2.78. The van der Waals surface area contributed by atoms with Crippen molar-refractivity contribution in [3.8, 4) is 12.0 Å². The fraction of sp³-hybridized carbons (Fsp3) is 0.455. The Bertz CT molecular complexity index is 546. The SMILES string of the molecule is CCc1nn(C)cc1Nc1nc(OC)nc(OC)n1. The lowest BCUT2D eigenvalue weighted by Gasteiger charge is -2.06. The Morgan fingerprint density at radius 2 is 1.79 bits per heavy atom. The number of ether oxygens (including phenoxy) is 2. The van der Waals surface area contributed by atoms with Gasteiger partial charge in [-0.1, -0.05) is 6.92 Å². The Balaban J connectivity index is 2.31. The zero-order chi connectivity index (χ0) is 13.8. The summed E-state index contributed by atoms with van der Waals surface area (Å²) in [5.74, 6) is 0.353. The zero-order valence-electron chi connectivity index (χ0n) is 11.3. The van der Waals surface area contributed by atoms with Gasteiger partial charge in [0.05, 0.1) is 25.6 Å². The first-order valence-electron chi connectivity index (χ1n) is 5.79. The third-order valence-corrected chi connectivity index (χ3v) is 2.45. The van der Waals surface area contributed by atoms with Gasteiger partial charge < -0.3 is 14.8 Å². The summed E-state index contributed by atoms with van der Waals surface area (Å²) in [5, 5.41) is 7.42. The smallest absolute Gasteiger partial charge is 0.324 e. The van der Waals surface area contributed by atoms with E-state index >= 15 is 0 Å². The minimum Gasteiger partial charge on any atom is -0.467 e. The van der Waals surface area contributed by atoms with Crippen LogP contribution >= 0.6 is 0 Å². The summed E-state index contributed by atoms with van der Waals surface area (Å²) in [5.41, 5.74) is 1.78. The van der Waals surface area contributed by atoms with Crippen LogP contribution in [-0.4, -0.2) is 39.0 Å². The number of aromatic nitrogens is 5. The highest BCUT2D eigenvalue weighted by Crippen LogP contribution is 2.20. The molecule has 2 heterocycles. The Hall–Kier alpha value is -2.38. The number of nitrogens with one attached hydrogen (secondary N) is 1. The summed E-state index contributed by atoms with van der Waals surface area (Å²) in [6.45, 7) is 2.03. The van der Waals surface area contributed by atoms with Crippen molar-refractivity contribution >= 4 is 11.6 Å². The fourth-order valence-corrected chi connectivity index (χ4v) is 1.60. The molecule has 8 nitrogen and oxygen atoms in total. The van der Waals surface area contributed by atoms with Crippen LogP contribution in [0.2, 0.25) is 0 Å². The monoisotopic (exact) mass is 264 g/mol. The van der Waals surface area contributed by atoms with Crippen LogP contribution in [-0.2, 0) is 13.5 Å². The van der Waals surface area contributed by atoms with E-state index in [9.17, 15) is 0 Å². The Morgan fingerprint density at radius 1 is 1.16 bits per heavy atom. The number of hydrogen-bond donors (Lipinski definition) is 1. The maximum absolute atomic E-state index is 4.99. The van der Waals surface area contributed by atoms with Gasteiger partial charge in [-0.15, -0.1) is 4.98 Å². The van der Waals surface area contributed by atoms with Gasteiger partial charge in [0.15, 0.2) is 0 Å². The molecule has 2 aromatic heterocycles. The summed E-state index contributed by atoms with van der Waals surface area (Å²) >= 11 is 0. The first kappa shape index (κ1) is 13.1. The molecule has 0 amide bonds. The van der Waals surface area contributed by atoms with Gasteiger partial charge in [0.2, 0.25) is 5.95 Å². The molecule has 0 aromatic carbocycles. The molecule has 0 saturated carbocycles. The van der Waals surface area contributed by atoms with E-state index < -0.39 is 0 Å². The van der Waals surface area contributed by atoms with Gasteiger partial charge in [0.1, 0.15) is 0 Å². The lowest BCUT2D eigenvalue weighted by Crippen LogP contribution is -2.04. The van der Waals surface area contributed by atoms with E-state index in [2.05, 4.69) is 25.4 Å². The highest BCUT2D eigenvalue weighted by Gasteiger charge is 2.11. The summed E-state index contributed by atoms with van der Waals surface area (Å²) in [6.07, 6.45) is 2.67. The Kier molecular flexibility index (Phi) is 3.79. The van der Waals surface area contributed by atoms with E-state index in [4.69, 9.17) is 9.47 Å². The molecule has 2 rings (SSSR count). The number of rotatable bonds is 5. The van der Waals surface area contributed by atoms with E-state index in [-0.39, 0.29) is 12.0 Å². The third-order valence-electron chi connectivity index (χ3n) is 2.45. The standard InChI is InChI=1S/C11H16N6O2/c1-5-7-8(6-17(2)16-7)12-9-13-10(18-3)15-11(14-9)19-4/h6H,5H2,1-4H3,(H,12,13,14,15). The van der Waals surface area contributed by atoms with Crippen LogP contribution in [0.3, 0.4) is 0 Å². The maximum Gasteiger partial charge on any atom is 0.324 e. The normalized spacial score (nSPS) is 10.3. The molecule has 0 aliphatic heterocycles. The topological polar surface area (TPSA) is 87.0 Å². The maximum atomic E-state index is 4.99. The van der Waals surface area contributed by atoms with Crippen LogP contribution in [0.5, 0.6) is 12.0 Å². The summed E-state index contributed by atoms with van der Waals surface area (Å²) in [6, 6.07) is 0.382. The molecule has 0 spiro atoms.